The number of ether oxygens (including phenoxy) is 4. The zero-order valence-electron chi connectivity index (χ0n) is 28.8. The van der Waals surface area contributed by atoms with E-state index in [2.05, 4.69) is 38.9 Å². The van der Waals surface area contributed by atoms with Gasteiger partial charge in [-0.1, -0.05) is 45.3 Å². The summed E-state index contributed by atoms with van der Waals surface area (Å²) in [6, 6.07) is 15.6. The van der Waals surface area contributed by atoms with Crippen molar-refractivity contribution in [2.24, 2.45) is 0 Å². The Morgan fingerprint density at radius 3 is 0.683 bits per heavy atom. The molecule has 0 saturated carbocycles. The third kappa shape index (κ3) is 14.1. The fraction of sp³-hybridized carbons (Fsp3) is 0.125. The molecule has 8 N–H and O–H groups in total. The van der Waals surface area contributed by atoms with Crippen molar-refractivity contribution in [3.63, 3.8) is 0 Å². The molecular formula is C32H20F12N8O4S4. The van der Waals surface area contributed by atoms with E-state index in [9.17, 15) is 52.7 Å². The first kappa shape index (κ1) is 45.1. The minimum Gasteiger partial charge on any atom is -0.406 e. The third-order valence-corrected chi connectivity index (χ3v) is 9.83. The molecule has 8 rings (SSSR count). The van der Waals surface area contributed by atoms with Crippen molar-refractivity contribution in [2.45, 2.75) is 25.4 Å². The number of fused-ring (bicyclic) bond motifs is 4. The lowest BCUT2D eigenvalue weighted by atomic mass is 10.3. The number of nitrogens with two attached hydrogens (primary N) is 4. The number of alkyl halides is 12. The fourth-order valence-electron chi connectivity index (χ4n) is 4.48. The molecule has 4 aromatic heterocycles. The molecule has 0 bridgehead atoms. The van der Waals surface area contributed by atoms with E-state index in [1.54, 1.807) is 0 Å². The SMILES string of the molecule is Nc1nc2ccc(OC(F)(F)F)cc2s1.Nc1nc2ccc(OC(F)(F)F)cc2s1.Nc1nc2ccc(OC(F)(F)F)cc2s1.Nc1nc2ccc(OC(F)(F)F)cc2s1. The Morgan fingerprint density at radius 1 is 0.333 bits per heavy atom. The molecule has 28 heteroatoms. The lowest BCUT2D eigenvalue weighted by Crippen LogP contribution is -2.16. The number of aromatic nitrogens is 4. The predicted octanol–water partition coefficient (Wildman–Crippen LogP) is 11.1. The van der Waals surface area contributed by atoms with Gasteiger partial charge in [0.1, 0.15) is 23.0 Å². The van der Waals surface area contributed by atoms with Gasteiger partial charge in [0.25, 0.3) is 0 Å². The number of hydrogen-bond acceptors (Lipinski definition) is 16. The van der Waals surface area contributed by atoms with Crippen LogP contribution in [0.25, 0.3) is 40.9 Å². The highest BCUT2D eigenvalue weighted by Gasteiger charge is 2.33. The molecule has 320 valence electrons. The second kappa shape index (κ2) is 17.7. The third-order valence-electron chi connectivity index (χ3n) is 6.44. The summed E-state index contributed by atoms with van der Waals surface area (Å²) in [6.45, 7) is 0. The van der Waals surface area contributed by atoms with E-state index in [0.29, 0.717) is 61.4 Å². The molecule has 4 heterocycles. The largest absolute Gasteiger partial charge is 0.573 e. The van der Waals surface area contributed by atoms with Gasteiger partial charge in [-0.3, -0.25) is 0 Å². The molecular weight excluding hydrogens is 917 g/mol. The molecule has 0 atom stereocenters. The number of nitrogen functional groups attached to an aromatic ring is 4. The van der Waals surface area contributed by atoms with Crippen LogP contribution in [-0.4, -0.2) is 45.4 Å². The van der Waals surface area contributed by atoms with Crippen LogP contribution in [0, 0.1) is 0 Å². The molecule has 0 radical (unpaired) electrons. The van der Waals surface area contributed by atoms with Crippen LogP contribution in [0.2, 0.25) is 0 Å². The second-order valence-electron chi connectivity index (χ2n) is 10.9. The quantitative estimate of drug-likeness (QED) is 0.122. The number of benzene rings is 4. The van der Waals surface area contributed by atoms with Crippen molar-refractivity contribution in [2.75, 3.05) is 22.9 Å². The van der Waals surface area contributed by atoms with Crippen LogP contribution in [0.15, 0.2) is 72.8 Å². The predicted molar refractivity (Wildman–Crippen MR) is 203 cm³/mol. The molecule has 12 nitrogen and oxygen atoms in total. The van der Waals surface area contributed by atoms with Gasteiger partial charge < -0.3 is 41.9 Å². The number of thiazole rings is 4. The summed E-state index contributed by atoms with van der Waals surface area (Å²) >= 11 is 4.45. The molecule has 4 aromatic carbocycles. The van der Waals surface area contributed by atoms with Crippen LogP contribution < -0.4 is 41.9 Å². The molecule has 0 aliphatic rings. The van der Waals surface area contributed by atoms with Gasteiger partial charge in [-0.25, -0.2) is 19.9 Å². The Bertz CT molecular complexity index is 2340. The van der Waals surface area contributed by atoms with Crippen molar-refractivity contribution in [3.05, 3.63) is 72.8 Å². The summed E-state index contributed by atoms with van der Waals surface area (Å²) in [7, 11) is 0. The summed E-state index contributed by atoms with van der Waals surface area (Å²) in [6.07, 6.45) is -18.7. The van der Waals surface area contributed by atoms with Crippen LogP contribution in [0.1, 0.15) is 0 Å². The van der Waals surface area contributed by atoms with Gasteiger partial charge in [-0.15, -0.1) is 52.7 Å². The molecule has 60 heavy (non-hydrogen) atoms. The van der Waals surface area contributed by atoms with Gasteiger partial charge in [-0.2, -0.15) is 0 Å². The smallest absolute Gasteiger partial charge is 0.406 e. The Morgan fingerprint density at radius 2 is 0.517 bits per heavy atom. The van der Waals surface area contributed by atoms with E-state index in [0.717, 1.165) is 45.3 Å². The number of anilines is 4. The number of hydrogen-bond donors (Lipinski definition) is 4. The zero-order valence-corrected chi connectivity index (χ0v) is 32.1. The van der Waals surface area contributed by atoms with E-state index >= 15 is 0 Å². The van der Waals surface area contributed by atoms with Gasteiger partial charge >= 0.3 is 25.4 Å². The molecule has 0 saturated heterocycles. The normalized spacial score (nSPS) is 11.9. The Labute approximate surface area is 341 Å². The summed E-state index contributed by atoms with van der Waals surface area (Å²) in [4.78, 5) is 15.6. The molecule has 0 aliphatic carbocycles. The molecule has 0 unspecified atom stereocenters. The molecule has 0 spiro atoms. The first-order valence-electron chi connectivity index (χ1n) is 15.4. The maximum absolute atomic E-state index is 11.9. The van der Waals surface area contributed by atoms with Crippen molar-refractivity contribution >= 4 is 107 Å². The highest BCUT2D eigenvalue weighted by Crippen LogP contribution is 2.34. The lowest BCUT2D eigenvalue weighted by Gasteiger charge is -2.07. The molecule has 0 fully saturated rings. The Hall–Kier alpha value is -6.00. The Balaban J connectivity index is 0.000000152. The minimum atomic E-state index is -4.68. The molecule has 0 aliphatic heterocycles. The minimum absolute atomic E-state index is 0.265. The van der Waals surface area contributed by atoms with Crippen LogP contribution in [0.4, 0.5) is 73.2 Å². The van der Waals surface area contributed by atoms with Crippen molar-refractivity contribution in [1.29, 1.82) is 0 Å². The summed E-state index contributed by atoms with van der Waals surface area (Å²) in [5.74, 6) is -1.06. The topological polar surface area (TPSA) is 193 Å². The highest BCUT2D eigenvalue weighted by molar-refractivity contribution is 7.23. The van der Waals surface area contributed by atoms with E-state index in [-0.39, 0.29) is 23.0 Å². The maximum Gasteiger partial charge on any atom is 0.573 e. The fourth-order valence-corrected chi connectivity index (χ4v) is 7.53. The maximum atomic E-state index is 11.9. The monoisotopic (exact) mass is 936 g/mol. The average Bonchev–Trinajstić information content (AvgIpc) is 3.84. The number of nitrogens with zero attached hydrogens (tertiary/aromatic N) is 4. The van der Waals surface area contributed by atoms with Crippen LogP contribution in [0.5, 0.6) is 23.0 Å². The van der Waals surface area contributed by atoms with Crippen molar-refractivity contribution < 1.29 is 71.6 Å². The zero-order chi connectivity index (χ0) is 44.2. The molecule has 0 amide bonds. The molecule has 8 aromatic rings. The average molecular weight is 937 g/mol. The van der Waals surface area contributed by atoms with E-state index in [1.165, 1.54) is 72.8 Å². The lowest BCUT2D eigenvalue weighted by molar-refractivity contribution is -0.275. The van der Waals surface area contributed by atoms with Gasteiger partial charge in [0.15, 0.2) is 20.5 Å². The number of halogens is 12. The first-order chi connectivity index (χ1) is 27.8. The van der Waals surface area contributed by atoms with Gasteiger partial charge in [0, 0.05) is 24.3 Å². The van der Waals surface area contributed by atoms with E-state index in [1.807, 2.05) is 0 Å². The Kier molecular flexibility index (Phi) is 13.3. The van der Waals surface area contributed by atoms with E-state index < -0.39 is 25.4 Å². The standard InChI is InChI=1S/4C8H5F3N2OS/c4*9-8(10,11)14-4-1-2-5-6(3-4)15-7(12)13-5/h4*1-3H,(H2,12,13). The highest BCUT2D eigenvalue weighted by atomic mass is 32.1. The van der Waals surface area contributed by atoms with Crippen molar-refractivity contribution in [3.8, 4) is 23.0 Å². The van der Waals surface area contributed by atoms with Crippen molar-refractivity contribution in [1.82, 2.24) is 19.9 Å². The summed E-state index contributed by atoms with van der Waals surface area (Å²) < 4.78 is 160. The van der Waals surface area contributed by atoms with Crippen LogP contribution in [0.3, 0.4) is 0 Å². The number of rotatable bonds is 4. The van der Waals surface area contributed by atoms with Gasteiger partial charge in [0.2, 0.25) is 0 Å². The van der Waals surface area contributed by atoms with Crippen LogP contribution in [-0.2, 0) is 0 Å². The second-order valence-corrected chi connectivity index (χ2v) is 15.2. The van der Waals surface area contributed by atoms with Gasteiger partial charge in [-0.05, 0) is 48.5 Å². The van der Waals surface area contributed by atoms with Crippen LogP contribution >= 0.6 is 45.3 Å². The summed E-state index contributed by atoms with van der Waals surface area (Å²) in [5.41, 5.74) is 23.9. The van der Waals surface area contributed by atoms with E-state index in [4.69, 9.17) is 22.9 Å². The first-order valence-corrected chi connectivity index (χ1v) is 18.7. The van der Waals surface area contributed by atoms with Gasteiger partial charge in [0.05, 0.1) is 40.9 Å². The summed E-state index contributed by atoms with van der Waals surface area (Å²) in [5, 5.41) is 1.26.